The zero-order valence-corrected chi connectivity index (χ0v) is 19.6. The number of nitrogens with zero attached hydrogens (tertiary/aromatic N) is 3. The zero-order valence-electron chi connectivity index (χ0n) is 19.6. The first-order valence-electron chi connectivity index (χ1n) is 12.1. The minimum atomic E-state index is 0.0311. The van der Waals surface area contributed by atoms with E-state index in [1.54, 1.807) is 20.4 Å². The predicted molar refractivity (Wildman–Crippen MR) is 130 cm³/mol. The summed E-state index contributed by atoms with van der Waals surface area (Å²) in [7, 11) is 3.56. The van der Waals surface area contributed by atoms with E-state index < -0.39 is 0 Å². The van der Waals surface area contributed by atoms with Crippen molar-refractivity contribution in [1.82, 2.24) is 4.98 Å². The van der Waals surface area contributed by atoms with E-state index in [0.29, 0.717) is 12.6 Å². The standard InChI is InChI=1S/C26H34N4O3/c1-32-21-8-5-18(6-9-21)26(31)30-17-19-4-3-13-27-25(19)28-23-10-7-20(16-24(23)30)29-14-11-22(33-2)12-15-29/h3-4,7,10,13,16,18,21-22H,5-6,8-9,11-12,14-15,17H2,1-2H3,(H,27,28). The summed E-state index contributed by atoms with van der Waals surface area (Å²) in [5.74, 6) is 1.06. The van der Waals surface area contributed by atoms with Crippen molar-refractivity contribution in [2.45, 2.75) is 57.3 Å². The maximum absolute atomic E-state index is 13.8. The number of benzene rings is 1. The fourth-order valence-corrected chi connectivity index (χ4v) is 5.42. The van der Waals surface area contributed by atoms with E-state index >= 15 is 0 Å². The number of amides is 1. The summed E-state index contributed by atoms with van der Waals surface area (Å²) >= 11 is 0. The van der Waals surface area contributed by atoms with Crippen molar-refractivity contribution >= 4 is 28.8 Å². The Hall–Kier alpha value is -2.64. The van der Waals surface area contributed by atoms with Crippen LogP contribution in [-0.4, -0.2) is 50.4 Å². The monoisotopic (exact) mass is 450 g/mol. The van der Waals surface area contributed by atoms with E-state index in [9.17, 15) is 4.79 Å². The number of hydrogen-bond acceptors (Lipinski definition) is 6. The third-order valence-corrected chi connectivity index (χ3v) is 7.51. The summed E-state index contributed by atoms with van der Waals surface area (Å²) in [6, 6.07) is 10.4. The molecule has 0 unspecified atom stereocenters. The second-order valence-corrected chi connectivity index (χ2v) is 9.39. The molecule has 1 aliphatic carbocycles. The number of carbonyl (C=O) groups excluding carboxylic acids is 1. The number of rotatable bonds is 4. The summed E-state index contributed by atoms with van der Waals surface area (Å²) < 4.78 is 11.1. The van der Waals surface area contributed by atoms with E-state index in [1.807, 2.05) is 11.0 Å². The average molecular weight is 451 g/mol. The van der Waals surface area contributed by atoms with Gasteiger partial charge in [-0.2, -0.15) is 0 Å². The SMILES string of the molecule is COC1CCC(C(=O)N2Cc3cccnc3Nc3ccc(N4CCC(OC)CC4)cc32)CC1. The molecule has 1 N–H and O–H groups in total. The molecule has 2 fully saturated rings. The number of hydrogen-bond donors (Lipinski definition) is 1. The lowest BCUT2D eigenvalue weighted by atomic mass is 9.86. The van der Waals surface area contributed by atoms with Crippen LogP contribution in [0.1, 0.15) is 44.1 Å². The van der Waals surface area contributed by atoms with Gasteiger partial charge in [0.1, 0.15) is 5.82 Å². The van der Waals surface area contributed by atoms with E-state index in [0.717, 1.165) is 80.1 Å². The smallest absolute Gasteiger partial charge is 0.230 e. The molecule has 0 atom stereocenters. The van der Waals surface area contributed by atoms with Crippen molar-refractivity contribution in [2.75, 3.05) is 42.4 Å². The Morgan fingerprint density at radius 2 is 1.73 bits per heavy atom. The highest BCUT2D eigenvalue weighted by Gasteiger charge is 2.33. The average Bonchev–Trinajstić information content (AvgIpc) is 3.04. The number of aromatic nitrogens is 1. The van der Waals surface area contributed by atoms with Crippen molar-refractivity contribution in [1.29, 1.82) is 0 Å². The first-order chi connectivity index (χ1) is 16.2. The Balaban J connectivity index is 1.45. The molecular weight excluding hydrogens is 416 g/mol. The molecule has 1 saturated carbocycles. The van der Waals surface area contributed by atoms with Gasteiger partial charge >= 0.3 is 0 Å². The third-order valence-electron chi connectivity index (χ3n) is 7.51. The minimum absolute atomic E-state index is 0.0311. The highest BCUT2D eigenvalue weighted by molar-refractivity contribution is 6.00. The number of carbonyl (C=O) groups is 1. The van der Waals surface area contributed by atoms with Crippen LogP contribution in [0.4, 0.5) is 22.9 Å². The molecule has 0 spiro atoms. The van der Waals surface area contributed by atoms with Gasteiger partial charge < -0.3 is 24.6 Å². The van der Waals surface area contributed by atoms with Gasteiger partial charge in [-0.25, -0.2) is 4.98 Å². The Morgan fingerprint density at radius 1 is 1.00 bits per heavy atom. The predicted octanol–water partition coefficient (Wildman–Crippen LogP) is 4.49. The van der Waals surface area contributed by atoms with Crippen LogP contribution in [0.25, 0.3) is 0 Å². The van der Waals surface area contributed by atoms with Crippen LogP contribution in [0, 0.1) is 5.92 Å². The van der Waals surface area contributed by atoms with Gasteiger partial charge in [-0.15, -0.1) is 0 Å². The molecular formula is C26H34N4O3. The summed E-state index contributed by atoms with van der Waals surface area (Å²) in [5, 5.41) is 3.49. The molecule has 0 bridgehead atoms. The van der Waals surface area contributed by atoms with Crippen LogP contribution < -0.4 is 15.1 Å². The van der Waals surface area contributed by atoms with E-state index in [4.69, 9.17) is 9.47 Å². The Kier molecular flexibility index (Phi) is 6.51. The van der Waals surface area contributed by atoms with E-state index in [-0.39, 0.29) is 17.9 Å². The lowest BCUT2D eigenvalue weighted by molar-refractivity contribution is -0.124. The fourth-order valence-electron chi connectivity index (χ4n) is 5.42. The fraction of sp³-hybridized carbons (Fsp3) is 0.538. The number of ether oxygens (including phenoxy) is 2. The number of methoxy groups -OCH3 is 2. The Bertz CT molecular complexity index is 981. The quantitative estimate of drug-likeness (QED) is 0.740. The van der Waals surface area contributed by atoms with Crippen molar-refractivity contribution < 1.29 is 14.3 Å². The number of nitrogens with one attached hydrogen (secondary N) is 1. The Morgan fingerprint density at radius 3 is 2.45 bits per heavy atom. The molecule has 1 aromatic carbocycles. The Labute approximate surface area is 196 Å². The molecule has 2 aliphatic heterocycles. The van der Waals surface area contributed by atoms with Gasteiger partial charge in [-0.05, 0) is 62.8 Å². The van der Waals surface area contributed by atoms with Crippen molar-refractivity contribution in [3.63, 3.8) is 0 Å². The molecule has 33 heavy (non-hydrogen) atoms. The summed E-state index contributed by atoms with van der Waals surface area (Å²) in [6.07, 6.45) is 8.09. The number of pyridine rings is 1. The van der Waals surface area contributed by atoms with Crippen molar-refractivity contribution in [3.8, 4) is 0 Å². The first-order valence-corrected chi connectivity index (χ1v) is 12.1. The van der Waals surface area contributed by atoms with Crippen LogP contribution in [0.3, 0.4) is 0 Å². The summed E-state index contributed by atoms with van der Waals surface area (Å²) in [6.45, 7) is 2.45. The molecule has 5 rings (SSSR count). The maximum atomic E-state index is 13.8. The molecule has 3 heterocycles. The number of piperidine rings is 1. The van der Waals surface area contributed by atoms with Crippen molar-refractivity contribution in [3.05, 3.63) is 42.1 Å². The van der Waals surface area contributed by atoms with Crippen LogP contribution in [0.5, 0.6) is 0 Å². The molecule has 0 radical (unpaired) electrons. The lowest BCUT2D eigenvalue weighted by Crippen LogP contribution is -2.39. The van der Waals surface area contributed by atoms with Crippen LogP contribution in [0.15, 0.2) is 36.5 Å². The molecule has 1 saturated heterocycles. The molecule has 7 nitrogen and oxygen atoms in total. The van der Waals surface area contributed by atoms with Gasteiger partial charge in [0.15, 0.2) is 0 Å². The largest absolute Gasteiger partial charge is 0.381 e. The summed E-state index contributed by atoms with van der Waals surface area (Å²) in [5.41, 5.74) is 4.07. The third kappa shape index (κ3) is 4.57. The first kappa shape index (κ1) is 22.2. The minimum Gasteiger partial charge on any atom is -0.381 e. The van der Waals surface area contributed by atoms with Gasteiger partial charge in [0.05, 0.1) is 30.1 Å². The van der Waals surface area contributed by atoms with E-state index in [1.165, 1.54) is 0 Å². The highest BCUT2D eigenvalue weighted by Crippen LogP contribution is 2.40. The number of anilines is 4. The zero-order chi connectivity index (χ0) is 22.8. The molecule has 2 aromatic rings. The number of fused-ring (bicyclic) bond motifs is 2. The van der Waals surface area contributed by atoms with Gasteiger partial charge in [0.25, 0.3) is 0 Å². The van der Waals surface area contributed by atoms with E-state index in [2.05, 4.69) is 39.5 Å². The summed E-state index contributed by atoms with van der Waals surface area (Å²) in [4.78, 5) is 22.8. The maximum Gasteiger partial charge on any atom is 0.230 e. The molecule has 3 aliphatic rings. The molecule has 1 aromatic heterocycles. The molecule has 7 heteroatoms. The van der Waals surface area contributed by atoms with Gasteiger partial charge in [-0.3, -0.25) is 4.79 Å². The van der Waals surface area contributed by atoms with Gasteiger partial charge in [0, 0.05) is 50.7 Å². The van der Waals surface area contributed by atoms with Crippen LogP contribution >= 0.6 is 0 Å². The van der Waals surface area contributed by atoms with Crippen LogP contribution in [0.2, 0.25) is 0 Å². The van der Waals surface area contributed by atoms with Gasteiger partial charge in [0.2, 0.25) is 5.91 Å². The second-order valence-electron chi connectivity index (χ2n) is 9.39. The lowest BCUT2D eigenvalue weighted by Gasteiger charge is -2.35. The van der Waals surface area contributed by atoms with Crippen LogP contribution in [-0.2, 0) is 20.8 Å². The topological polar surface area (TPSA) is 66.9 Å². The van der Waals surface area contributed by atoms with Gasteiger partial charge in [-0.1, -0.05) is 6.07 Å². The second kappa shape index (κ2) is 9.69. The highest BCUT2D eigenvalue weighted by atomic mass is 16.5. The van der Waals surface area contributed by atoms with Crippen molar-refractivity contribution in [2.24, 2.45) is 5.92 Å². The normalized spacial score (nSPS) is 23.3. The molecule has 176 valence electrons. The molecule has 1 amide bonds.